The van der Waals surface area contributed by atoms with E-state index in [9.17, 15) is 9.59 Å². The van der Waals surface area contributed by atoms with Gasteiger partial charge < -0.3 is 19.1 Å². The standard InChI is InChI=1S/C20H19NO5/c1-2-25-20(24)17-6-4-3-5-15(17)12-21-10-9-14-11-16(7-8-18(14)21)26-13-19(22)23/h3-11H,2,12-13H2,1H3,(H,22,23). The van der Waals surface area contributed by atoms with Gasteiger partial charge in [0.25, 0.3) is 0 Å². The molecule has 134 valence electrons. The molecule has 0 saturated heterocycles. The number of aromatic nitrogens is 1. The van der Waals surface area contributed by atoms with Gasteiger partial charge >= 0.3 is 11.9 Å². The van der Waals surface area contributed by atoms with E-state index < -0.39 is 5.97 Å². The topological polar surface area (TPSA) is 77.8 Å². The van der Waals surface area contributed by atoms with Crippen LogP contribution in [0, 0.1) is 0 Å². The van der Waals surface area contributed by atoms with Gasteiger partial charge in [0.15, 0.2) is 6.61 Å². The van der Waals surface area contributed by atoms with Crippen molar-refractivity contribution in [2.75, 3.05) is 13.2 Å². The molecule has 0 fully saturated rings. The summed E-state index contributed by atoms with van der Waals surface area (Å²) in [5, 5.41) is 9.63. The second kappa shape index (κ2) is 7.74. The van der Waals surface area contributed by atoms with Crippen LogP contribution in [-0.4, -0.2) is 34.8 Å². The minimum absolute atomic E-state index is 0.330. The fraction of sp³-hybridized carbons (Fsp3) is 0.200. The molecular weight excluding hydrogens is 334 g/mol. The molecule has 6 nitrogen and oxygen atoms in total. The molecule has 0 radical (unpaired) electrons. The Morgan fingerprint density at radius 1 is 1.12 bits per heavy atom. The molecule has 0 amide bonds. The monoisotopic (exact) mass is 353 g/mol. The van der Waals surface area contributed by atoms with E-state index >= 15 is 0 Å². The van der Waals surface area contributed by atoms with E-state index in [0.717, 1.165) is 16.5 Å². The third kappa shape index (κ3) is 3.85. The first-order valence-electron chi connectivity index (χ1n) is 8.27. The van der Waals surface area contributed by atoms with Gasteiger partial charge in [-0.3, -0.25) is 0 Å². The van der Waals surface area contributed by atoms with Crippen molar-refractivity contribution in [1.82, 2.24) is 4.57 Å². The first-order chi connectivity index (χ1) is 12.6. The summed E-state index contributed by atoms with van der Waals surface area (Å²) in [6.45, 7) is 2.26. The lowest BCUT2D eigenvalue weighted by molar-refractivity contribution is -0.139. The number of hydrogen-bond donors (Lipinski definition) is 1. The number of carboxylic acids is 1. The maximum atomic E-state index is 12.1. The van der Waals surface area contributed by atoms with Gasteiger partial charge in [0.1, 0.15) is 5.75 Å². The first-order valence-corrected chi connectivity index (χ1v) is 8.27. The third-order valence-electron chi connectivity index (χ3n) is 3.96. The maximum Gasteiger partial charge on any atom is 0.341 e. The highest BCUT2D eigenvalue weighted by atomic mass is 16.5. The van der Waals surface area contributed by atoms with Gasteiger partial charge in [-0.25, -0.2) is 9.59 Å². The Morgan fingerprint density at radius 3 is 2.69 bits per heavy atom. The Morgan fingerprint density at radius 2 is 1.92 bits per heavy atom. The predicted octanol–water partition coefficient (Wildman–Crippen LogP) is 3.33. The maximum absolute atomic E-state index is 12.1. The summed E-state index contributed by atoms with van der Waals surface area (Å²) in [5.41, 5.74) is 2.39. The first kappa shape index (κ1) is 17.5. The molecule has 3 rings (SSSR count). The molecule has 2 aromatic carbocycles. The predicted molar refractivity (Wildman–Crippen MR) is 96.6 cm³/mol. The number of aliphatic carboxylic acids is 1. The van der Waals surface area contributed by atoms with Gasteiger partial charge in [-0.2, -0.15) is 0 Å². The van der Waals surface area contributed by atoms with Crippen molar-refractivity contribution in [2.45, 2.75) is 13.5 Å². The van der Waals surface area contributed by atoms with Crippen LogP contribution in [-0.2, 0) is 16.1 Å². The van der Waals surface area contributed by atoms with Crippen LogP contribution in [0.5, 0.6) is 5.75 Å². The zero-order chi connectivity index (χ0) is 18.5. The minimum Gasteiger partial charge on any atom is -0.482 e. The average Bonchev–Trinajstić information content (AvgIpc) is 3.03. The number of benzene rings is 2. The molecule has 0 aliphatic carbocycles. The Labute approximate surface area is 150 Å². The second-order valence-electron chi connectivity index (χ2n) is 5.72. The van der Waals surface area contributed by atoms with Crippen LogP contribution in [0.25, 0.3) is 10.9 Å². The Hall–Kier alpha value is -3.28. The molecule has 3 aromatic rings. The van der Waals surface area contributed by atoms with Crippen molar-refractivity contribution in [2.24, 2.45) is 0 Å². The van der Waals surface area contributed by atoms with Gasteiger partial charge in [-0.15, -0.1) is 0 Å². The van der Waals surface area contributed by atoms with Gasteiger partial charge in [0.05, 0.1) is 12.2 Å². The van der Waals surface area contributed by atoms with Crippen molar-refractivity contribution in [1.29, 1.82) is 0 Å². The Balaban J connectivity index is 1.86. The van der Waals surface area contributed by atoms with Gasteiger partial charge in [0, 0.05) is 23.6 Å². The molecule has 0 unspecified atom stereocenters. The quantitative estimate of drug-likeness (QED) is 0.659. The summed E-state index contributed by atoms with van der Waals surface area (Å²) in [6, 6.07) is 14.7. The fourth-order valence-corrected chi connectivity index (χ4v) is 2.80. The summed E-state index contributed by atoms with van der Waals surface area (Å²) in [6.07, 6.45) is 1.92. The summed E-state index contributed by atoms with van der Waals surface area (Å²) in [7, 11) is 0. The van der Waals surface area contributed by atoms with E-state index in [2.05, 4.69) is 0 Å². The minimum atomic E-state index is -1.02. The Bertz CT molecular complexity index is 944. The van der Waals surface area contributed by atoms with E-state index in [1.165, 1.54) is 0 Å². The van der Waals surface area contributed by atoms with Gasteiger partial charge in [-0.05, 0) is 42.8 Å². The van der Waals surface area contributed by atoms with Crippen LogP contribution in [0.3, 0.4) is 0 Å². The molecule has 0 bridgehead atoms. The third-order valence-corrected chi connectivity index (χ3v) is 3.96. The van der Waals surface area contributed by atoms with E-state index in [0.29, 0.717) is 24.5 Å². The van der Waals surface area contributed by atoms with Crippen molar-refractivity contribution < 1.29 is 24.2 Å². The summed E-state index contributed by atoms with van der Waals surface area (Å²) in [5.74, 6) is -0.841. The summed E-state index contributed by atoms with van der Waals surface area (Å²) >= 11 is 0. The molecule has 1 N–H and O–H groups in total. The zero-order valence-corrected chi connectivity index (χ0v) is 14.3. The normalized spacial score (nSPS) is 10.7. The smallest absolute Gasteiger partial charge is 0.341 e. The molecular formula is C20H19NO5. The number of rotatable bonds is 7. The van der Waals surface area contributed by atoms with Crippen LogP contribution in [0.15, 0.2) is 54.7 Å². The van der Waals surface area contributed by atoms with Crippen molar-refractivity contribution >= 4 is 22.8 Å². The average molecular weight is 353 g/mol. The molecule has 1 aromatic heterocycles. The number of ether oxygens (including phenoxy) is 2. The van der Waals surface area contributed by atoms with E-state index in [-0.39, 0.29) is 12.6 Å². The van der Waals surface area contributed by atoms with Crippen molar-refractivity contribution in [3.8, 4) is 5.75 Å². The second-order valence-corrected chi connectivity index (χ2v) is 5.72. The molecule has 0 aliphatic heterocycles. The largest absolute Gasteiger partial charge is 0.482 e. The van der Waals surface area contributed by atoms with Gasteiger partial charge in [0.2, 0.25) is 0 Å². The molecule has 0 saturated carbocycles. The van der Waals surface area contributed by atoms with Crippen LogP contribution < -0.4 is 4.74 Å². The van der Waals surface area contributed by atoms with Crippen LogP contribution in [0.1, 0.15) is 22.8 Å². The number of esters is 1. The summed E-state index contributed by atoms with van der Waals surface area (Å²) in [4.78, 5) is 22.7. The molecule has 6 heteroatoms. The SMILES string of the molecule is CCOC(=O)c1ccccc1Cn1ccc2cc(OCC(=O)O)ccc21. The van der Waals surface area contributed by atoms with Crippen molar-refractivity contribution in [3.05, 3.63) is 65.9 Å². The lowest BCUT2D eigenvalue weighted by Gasteiger charge is -2.11. The number of nitrogens with zero attached hydrogens (tertiary/aromatic N) is 1. The number of fused-ring (bicyclic) bond motifs is 1. The van der Waals surface area contributed by atoms with Crippen molar-refractivity contribution in [3.63, 3.8) is 0 Å². The lowest BCUT2D eigenvalue weighted by atomic mass is 10.1. The molecule has 0 aliphatic rings. The summed E-state index contributed by atoms with van der Waals surface area (Å²) < 4.78 is 12.4. The molecule has 0 atom stereocenters. The van der Waals surface area contributed by atoms with Crippen LogP contribution in [0.2, 0.25) is 0 Å². The van der Waals surface area contributed by atoms with E-state index in [1.54, 1.807) is 25.1 Å². The van der Waals surface area contributed by atoms with Crippen LogP contribution in [0.4, 0.5) is 0 Å². The highest BCUT2D eigenvalue weighted by Gasteiger charge is 2.13. The van der Waals surface area contributed by atoms with Crippen LogP contribution >= 0.6 is 0 Å². The van der Waals surface area contributed by atoms with E-state index in [4.69, 9.17) is 14.6 Å². The van der Waals surface area contributed by atoms with Gasteiger partial charge in [-0.1, -0.05) is 18.2 Å². The molecule has 0 spiro atoms. The number of carbonyl (C=O) groups is 2. The van der Waals surface area contributed by atoms with E-state index in [1.807, 2.05) is 41.1 Å². The fourth-order valence-electron chi connectivity index (χ4n) is 2.80. The highest BCUT2D eigenvalue weighted by molar-refractivity contribution is 5.91. The number of hydrogen-bond acceptors (Lipinski definition) is 4. The lowest BCUT2D eigenvalue weighted by Crippen LogP contribution is -2.10. The Kier molecular flexibility index (Phi) is 5.22. The number of carboxylic acid groups (broad SMARTS) is 1. The molecule has 26 heavy (non-hydrogen) atoms. The molecule has 1 heterocycles. The number of carbonyl (C=O) groups excluding carboxylic acids is 1. The zero-order valence-electron chi connectivity index (χ0n) is 14.3. The highest BCUT2D eigenvalue weighted by Crippen LogP contribution is 2.23.